The fourth-order valence-corrected chi connectivity index (χ4v) is 4.37. The molecule has 4 aromatic rings. The standard InChI is InChI=1S/C25H20N4O4S/c1-32-18-8-6-17(7-9-18)27-23(30)13-29-21-12-16(5-10-22(21)33-14-24(29)31)20-15-34-25(28-20)19-4-2-3-11-26-19/h2-12,15H,13-14H2,1H3,(H,27,30). The summed E-state index contributed by atoms with van der Waals surface area (Å²) in [4.78, 5) is 35.8. The van der Waals surface area contributed by atoms with Crippen LogP contribution in [0.4, 0.5) is 11.4 Å². The molecule has 0 saturated carbocycles. The van der Waals surface area contributed by atoms with Crippen molar-refractivity contribution < 1.29 is 19.1 Å². The van der Waals surface area contributed by atoms with Gasteiger partial charge >= 0.3 is 0 Å². The summed E-state index contributed by atoms with van der Waals surface area (Å²) in [6.45, 7) is -0.260. The molecule has 1 aliphatic heterocycles. The summed E-state index contributed by atoms with van der Waals surface area (Å²) < 4.78 is 10.7. The average molecular weight is 473 g/mol. The van der Waals surface area contributed by atoms with E-state index < -0.39 is 0 Å². The number of aromatic nitrogens is 2. The summed E-state index contributed by atoms with van der Waals surface area (Å²) in [5.41, 5.74) is 3.52. The zero-order chi connectivity index (χ0) is 23.5. The monoisotopic (exact) mass is 472 g/mol. The van der Waals surface area contributed by atoms with Crippen LogP contribution in [0.2, 0.25) is 0 Å². The van der Waals surface area contributed by atoms with E-state index in [1.807, 2.05) is 35.7 Å². The SMILES string of the molecule is COc1ccc(NC(=O)CN2C(=O)COc3ccc(-c4csc(-c5ccccn5)n4)cc32)cc1. The van der Waals surface area contributed by atoms with E-state index in [0.29, 0.717) is 22.9 Å². The second-order valence-corrected chi connectivity index (χ2v) is 8.34. The zero-order valence-corrected chi connectivity index (χ0v) is 19.0. The van der Waals surface area contributed by atoms with Crippen LogP contribution in [-0.4, -0.2) is 42.0 Å². The number of carbonyl (C=O) groups is 2. The molecule has 5 rings (SSSR count). The molecule has 2 aromatic carbocycles. The second kappa shape index (κ2) is 9.32. The number of anilines is 2. The van der Waals surface area contributed by atoms with E-state index in [1.165, 1.54) is 16.2 Å². The molecule has 1 aliphatic rings. The summed E-state index contributed by atoms with van der Waals surface area (Å²) in [5, 5.41) is 5.56. The lowest BCUT2D eigenvalue weighted by molar-refractivity contribution is -0.123. The number of nitrogens with zero attached hydrogens (tertiary/aromatic N) is 3. The molecule has 2 amide bonds. The number of benzene rings is 2. The van der Waals surface area contributed by atoms with Gasteiger partial charge in [0.25, 0.3) is 5.91 Å². The number of amides is 2. The van der Waals surface area contributed by atoms with Gasteiger partial charge in [-0.3, -0.25) is 19.5 Å². The lowest BCUT2D eigenvalue weighted by Crippen LogP contribution is -2.43. The first-order chi connectivity index (χ1) is 16.6. The van der Waals surface area contributed by atoms with Gasteiger partial charge in [-0.15, -0.1) is 11.3 Å². The number of ether oxygens (including phenoxy) is 2. The van der Waals surface area contributed by atoms with Crippen LogP contribution < -0.4 is 19.7 Å². The largest absolute Gasteiger partial charge is 0.497 e. The molecule has 170 valence electrons. The third-order valence-corrected chi connectivity index (χ3v) is 6.13. The molecule has 0 bridgehead atoms. The predicted molar refractivity (Wildman–Crippen MR) is 130 cm³/mol. The average Bonchev–Trinajstić information content (AvgIpc) is 3.37. The van der Waals surface area contributed by atoms with E-state index in [4.69, 9.17) is 14.5 Å². The van der Waals surface area contributed by atoms with Crippen molar-refractivity contribution in [1.82, 2.24) is 9.97 Å². The Morgan fingerprint density at radius 3 is 2.76 bits per heavy atom. The van der Waals surface area contributed by atoms with Crippen LogP contribution in [-0.2, 0) is 9.59 Å². The maximum atomic E-state index is 12.7. The molecule has 8 nitrogen and oxygen atoms in total. The third kappa shape index (κ3) is 4.46. The lowest BCUT2D eigenvalue weighted by atomic mass is 10.1. The highest BCUT2D eigenvalue weighted by Gasteiger charge is 2.28. The van der Waals surface area contributed by atoms with Gasteiger partial charge in [-0.2, -0.15) is 0 Å². The minimum absolute atomic E-state index is 0.122. The topological polar surface area (TPSA) is 93.7 Å². The number of pyridine rings is 1. The van der Waals surface area contributed by atoms with Crippen molar-refractivity contribution in [3.63, 3.8) is 0 Å². The Labute approximate surface area is 199 Å². The highest BCUT2D eigenvalue weighted by atomic mass is 32.1. The fraction of sp³-hybridized carbons (Fsp3) is 0.120. The molecule has 0 aliphatic carbocycles. The second-order valence-electron chi connectivity index (χ2n) is 7.48. The first-order valence-corrected chi connectivity index (χ1v) is 11.4. The van der Waals surface area contributed by atoms with Crippen molar-refractivity contribution in [2.75, 3.05) is 30.5 Å². The molecule has 0 atom stereocenters. The summed E-state index contributed by atoms with van der Waals surface area (Å²) >= 11 is 1.49. The lowest BCUT2D eigenvalue weighted by Gasteiger charge is -2.29. The van der Waals surface area contributed by atoms with Crippen LogP contribution in [0.25, 0.3) is 22.0 Å². The molecule has 0 spiro atoms. The molecule has 0 fully saturated rings. The van der Waals surface area contributed by atoms with Crippen LogP contribution in [0.1, 0.15) is 0 Å². The fourth-order valence-electron chi connectivity index (χ4n) is 3.57. The van der Waals surface area contributed by atoms with E-state index in [1.54, 1.807) is 43.6 Å². The molecule has 2 aromatic heterocycles. The van der Waals surface area contributed by atoms with Gasteiger partial charge in [-0.25, -0.2) is 4.98 Å². The van der Waals surface area contributed by atoms with Crippen molar-refractivity contribution in [3.8, 4) is 33.5 Å². The Balaban J connectivity index is 1.38. The van der Waals surface area contributed by atoms with Crippen LogP contribution in [0.5, 0.6) is 11.5 Å². The summed E-state index contributed by atoms with van der Waals surface area (Å²) in [6.07, 6.45) is 1.73. The van der Waals surface area contributed by atoms with Crippen molar-refractivity contribution in [3.05, 3.63) is 72.2 Å². The summed E-state index contributed by atoms with van der Waals surface area (Å²) in [6, 6.07) is 18.2. The Morgan fingerprint density at radius 1 is 1.15 bits per heavy atom. The van der Waals surface area contributed by atoms with Gasteiger partial charge in [0, 0.05) is 22.8 Å². The van der Waals surface area contributed by atoms with Crippen molar-refractivity contribution in [2.45, 2.75) is 0 Å². The highest BCUT2D eigenvalue weighted by Crippen LogP contribution is 2.37. The Hall–Kier alpha value is -4.24. The van der Waals surface area contributed by atoms with Gasteiger partial charge in [0.05, 0.1) is 24.2 Å². The van der Waals surface area contributed by atoms with Crippen molar-refractivity contribution in [1.29, 1.82) is 0 Å². The quantitative estimate of drug-likeness (QED) is 0.451. The minimum Gasteiger partial charge on any atom is -0.497 e. The molecular weight excluding hydrogens is 452 g/mol. The van der Waals surface area contributed by atoms with Gasteiger partial charge in [0.1, 0.15) is 23.1 Å². The summed E-state index contributed by atoms with van der Waals surface area (Å²) in [7, 11) is 1.58. The molecule has 34 heavy (non-hydrogen) atoms. The molecule has 0 radical (unpaired) electrons. The Kier molecular flexibility index (Phi) is 5.92. The van der Waals surface area contributed by atoms with Crippen LogP contribution >= 0.6 is 11.3 Å². The van der Waals surface area contributed by atoms with E-state index in [2.05, 4.69) is 10.3 Å². The minimum atomic E-state index is -0.317. The predicted octanol–water partition coefficient (Wildman–Crippen LogP) is 4.24. The number of hydrogen-bond acceptors (Lipinski definition) is 7. The Morgan fingerprint density at radius 2 is 2.00 bits per heavy atom. The summed E-state index contributed by atoms with van der Waals surface area (Å²) in [5.74, 6) is 0.627. The number of nitrogens with one attached hydrogen (secondary N) is 1. The third-order valence-electron chi connectivity index (χ3n) is 5.26. The number of methoxy groups -OCH3 is 1. The van der Waals surface area contributed by atoms with Gasteiger partial charge in [-0.1, -0.05) is 6.07 Å². The molecule has 9 heteroatoms. The van der Waals surface area contributed by atoms with Crippen LogP contribution in [0.3, 0.4) is 0 Å². The van der Waals surface area contributed by atoms with Gasteiger partial charge < -0.3 is 14.8 Å². The smallest absolute Gasteiger partial charge is 0.265 e. The molecule has 0 saturated heterocycles. The number of hydrogen-bond donors (Lipinski definition) is 1. The highest BCUT2D eigenvalue weighted by molar-refractivity contribution is 7.13. The zero-order valence-electron chi connectivity index (χ0n) is 18.2. The molecular formula is C25H20N4O4S. The van der Waals surface area contributed by atoms with Gasteiger partial charge in [-0.05, 0) is 54.6 Å². The normalized spacial score (nSPS) is 12.6. The Bertz CT molecular complexity index is 1340. The van der Waals surface area contributed by atoms with Crippen LogP contribution in [0, 0.1) is 0 Å². The van der Waals surface area contributed by atoms with Gasteiger partial charge in [0.15, 0.2) is 6.61 Å². The number of rotatable bonds is 6. The van der Waals surface area contributed by atoms with Gasteiger partial charge in [0.2, 0.25) is 5.91 Å². The maximum Gasteiger partial charge on any atom is 0.265 e. The number of fused-ring (bicyclic) bond motifs is 1. The first kappa shape index (κ1) is 21.6. The maximum absolute atomic E-state index is 12.7. The first-order valence-electron chi connectivity index (χ1n) is 10.5. The number of thiazole rings is 1. The number of carbonyl (C=O) groups excluding carboxylic acids is 2. The van der Waals surface area contributed by atoms with E-state index in [-0.39, 0.29) is 25.0 Å². The van der Waals surface area contributed by atoms with Crippen molar-refractivity contribution >= 4 is 34.5 Å². The molecule has 0 unspecified atom stereocenters. The van der Waals surface area contributed by atoms with Crippen molar-refractivity contribution in [2.24, 2.45) is 0 Å². The molecule has 1 N–H and O–H groups in total. The van der Waals surface area contributed by atoms with Crippen LogP contribution in [0.15, 0.2) is 72.2 Å². The molecule has 3 heterocycles. The van der Waals surface area contributed by atoms with E-state index in [0.717, 1.165) is 22.0 Å². The van der Waals surface area contributed by atoms with E-state index >= 15 is 0 Å². The van der Waals surface area contributed by atoms with E-state index in [9.17, 15) is 9.59 Å².